The lowest BCUT2D eigenvalue weighted by Gasteiger charge is -2.34. The Bertz CT molecular complexity index is 616. The second kappa shape index (κ2) is 6.20. The zero-order valence-electron chi connectivity index (χ0n) is 12.2. The number of carbonyl (C=O) groups is 1. The van der Waals surface area contributed by atoms with Crippen LogP contribution in [0.25, 0.3) is 11.3 Å². The van der Waals surface area contributed by atoms with Crippen LogP contribution in [0.4, 0.5) is 5.13 Å². The number of hydrogen-bond acceptors (Lipinski definition) is 5. The van der Waals surface area contributed by atoms with Crippen LogP contribution in [0, 0.1) is 0 Å². The fourth-order valence-corrected chi connectivity index (χ4v) is 4.92. The van der Waals surface area contributed by atoms with E-state index in [9.17, 15) is 4.79 Å². The highest BCUT2D eigenvalue weighted by Crippen LogP contribution is 2.35. The molecule has 1 aliphatic rings. The smallest absolute Gasteiger partial charge is 0.186 e. The molecule has 5 heteroatoms. The molecule has 0 saturated carbocycles. The molecule has 1 saturated heterocycles. The molecule has 0 N–H and O–H groups in total. The molecule has 0 aliphatic carbocycles. The Morgan fingerprint density at radius 3 is 2.48 bits per heavy atom. The van der Waals surface area contributed by atoms with Gasteiger partial charge in [0.1, 0.15) is 0 Å². The summed E-state index contributed by atoms with van der Waals surface area (Å²) >= 11 is 3.52. The number of aromatic nitrogens is 1. The van der Waals surface area contributed by atoms with Crippen LogP contribution in [-0.4, -0.2) is 34.9 Å². The molecule has 2 heterocycles. The van der Waals surface area contributed by atoms with Gasteiger partial charge in [-0.25, -0.2) is 4.98 Å². The molecule has 2 atom stereocenters. The Morgan fingerprint density at radius 2 is 1.86 bits per heavy atom. The summed E-state index contributed by atoms with van der Waals surface area (Å²) in [6.45, 7) is 6.49. The van der Waals surface area contributed by atoms with Crippen LogP contribution in [0.15, 0.2) is 30.3 Å². The molecule has 1 fully saturated rings. The van der Waals surface area contributed by atoms with Gasteiger partial charge in [0.05, 0.1) is 10.6 Å². The maximum absolute atomic E-state index is 11.4. The molecule has 0 bridgehead atoms. The minimum atomic E-state index is 0.595. The Balaban J connectivity index is 1.94. The first-order chi connectivity index (χ1) is 10.2. The fraction of sp³-hybridized carbons (Fsp3) is 0.375. The average molecular weight is 318 g/mol. The first kappa shape index (κ1) is 14.6. The van der Waals surface area contributed by atoms with Crippen LogP contribution < -0.4 is 4.90 Å². The van der Waals surface area contributed by atoms with Gasteiger partial charge in [-0.15, -0.1) is 0 Å². The normalized spacial score (nSPS) is 22.3. The van der Waals surface area contributed by atoms with E-state index in [0.717, 1.165) is 40.6 Å². The van der Waals surface area contributed by atoms with Crippen LogP contribution >= 0.6 is 23.1 Å². The van der Waals surface area contributed by atoms with Crippen molar-refractivity contribution in [1.82, 2.24) is 4.98 Å². The maximum Gasteiger partial charge on any atom is 0.186 e. The second-order valence-corrected chi connectivity index (χ2v) is 8.25. The first-order valence-electron chi connectivity index (χ1n) is 7.09. The molecular formula is C16H18N2OS2. The predicted octanol–water partition coefficient (Wildman–Crippen LogP) is 3.95. The van der Waals surface area contributed by atoms with Crippen LogP contribution in [0.5, 0.6) is 0 Å². The number of thiazole rings is 1. The lowest BCUT2D eigenvalue weighted by Crippen LogP contribution is -2.40. The van der Waals surface area contributed by atoms with Gasteiger partial charge < -0.3 is 4.90 Å². The van der Waals surface area contributed by atoms with Crippen LogP contribution in [0.1, 0.15) is 23.5 Å². The molecule has 3 rings (SSSR count). The van der Waals surface area contributed by atoms with Crippen molar-refractivity contribution < 1.29 is 4.79 Å². The topological polar surface area (TPSA) is 33.2 Å². The van der Waals surface area contributed by atoms with Gasteiger partial charge in [0.25, 0.3) is 0 Å². The molecule has 1 aromatic heterocycles. The van der Waals surface area contributed by atoms with Crippen molar-refractivity contribution in [1.29, 1.82) is 0 Å². The number of thioether (sulfide) groups is 1. The zero-order valence-corrected chi connectivity index (χ0v) is 13.8. The third kappa shape index (κ3) is 3.14. The van der Waals surface area contributed by atoms with Crippen LogP contribution in [0.3, 0.4) is 0 Å². The quantitative estimate of drug-likeness (QED) is 0.802. The van der Waals surface area contributed by atoms with E-state index in [0.29, 0.717) is 10.5 Å². The first-order valence-corrected chi connectivity index (χ1v) is 8.85. The summed E-state index contributed by atoms with van der Waals surface area (Å²) in [4.78, 5) is 19.2. The highest BCUT2D eigenvalue weighted by atomic mass is 32.2. The predicted molar refractivity (Wildman–Crippen MR) is 91.7 cm³/mol. The number of hydrogen-bond donors (Lipinski definition) is 0. The van der Waals surface area contributed by atoms with E-state index in [1.165, 1.54) is 11.3 Å². The van der Waals surface area contributed by atoms with Gasteiger partial charge >= 0.3 is 0 Å². The summed E-state index contributed by atoms with van der Waals surface area (Å²) in [5, 5.41) is 2.16. The third-order valence-electron chi connectivity index (χ3n) is 3.49. The number of carbonyl (C=O) groups excluding carboxylic acids is 1. The van der Waals surface area contributed by atoms with Gasteiger partial charge in [0.2, 0.25) is 0 Å². The largest absolute Gasteiger partial charge is 0.346 e. The Morgan fingerprint density at radius 1 is 1.19 bits per heavy atom. The van der Waals surface area contributed by atoms with Gasteiger partial charge in [-0.05, 0) is 0 Å². The second-order valence-electron chi connectivity index (χ2n) is 5.36. The van der Waals surface area contributed by atoms with Crippen molar-refractivity contribution in [3.05, 3.63) is 35.2 Å². The summed E-state index contributed by atoms with van der Waals surface area (Å²) < 4.78 is 0. The van der Waals surface area contributed by atoms with E-state index >= 15 is 0 Å². The van der Waals surface area contributed by atoms with Crippen molar-refractivity contribution >= 4 is 34.5 Å². The number of aldehydes is 1. The van der Waals surface area contributed by atoms with E-state index in [-0.39, 0.29) is 0 Å². The average Bonchev–Trinajstić information content (AvgIpc) is 2.91. The number of anilines is 1. The summed E-state index contributed by atoms with van der Waals surface area (Å²) in [5.74, 6) is 0. The molecule has 0 spiro atoms. The third-order valence-corrected chi connectivity index (χ3v) is 5.76. The molecule has 1 aliphatic heterocycles. The molecule has 0 amide bonds. The minimum absolute atomic E-state index is 0.595. The van der Waals surface area contributed by atoms with E-state index in [2.05, 4.69) is 18.7 Å². The lowest BCUT2D eigenvalue weighted by molar-refractivity contribution is 0.112. The molecule has 1 aromatic carbocycles. The molecule has 2 aromatic rings. The van der Waals surface area contributed by atoms with Crippen molar-refractivity contribution in [2.24, 2.45) is 0 Å². The summed E-state index contributed by atoms with van der Waals surface area (Å²) in [5.41, 5.74) is 1.82. The van der Waals surface area contributed by atoms with Gasteiger partial charge in [0, 0.05) is 29.2 Å². The molecule has 2 unspecified atom stereocenters. The maximum atomic E-state index is 11.4. The fourth-order valence-electron chi connectivity index (χ4n) is 2.67. The van der Waals surface area contributed by atoms with Crippen molar-refractivity contribution in [3.8, 4) is 11.3 Å². The van der Waals surface area contributed by atoms with Crippen LogP contribution in [0.2, 0.25) is 0 Å². The van der Waals surface area contributed by atoms with E-state index in [1.54, 1.807) is 0 Å². The van der Waals surface area contributed by atoms with Gasteiger partial charge in [0.15, 0.2) is 11.4 Å². The lowest BCUT2D eigenvalue weighted by atomic mass is 10.1. The Labute approximate surface area is 133 Å². The summed E-state index contributed by atoms with van der Waals surface area (Å²) in [6.07, 6.45) is 0.926. The van der Waals surface area contributed by atoms with Gasteiger partial charge in [-0.3, -0.25) is 4.79 Å². The van der Waals surface area contributed by atoms with Gasteiger partial charge in [-0.1, -0.05) is 55.5 Å². The van der Waals surface area contributed by atoms with E-state index in [4.69, 9.17) is 4.98 Å². The van der Waals surface area contributed by atoms with Crippen LogP contribution in [-0.2, 0) is 0 Å². The molecular weight excluding hydrogens is 300 g/mol. The highest BCUT2D eigenvalue weighted by molar-refractivity contribution is 8.00. The van der Waals surface area contributed by atoms with Crippen molar-refractivity contribution in [2.75, 3.05) is 18.0 Å². The SMILES string of the molecule is CC1CN(c2nc(-c3ccccc3)c(C=O)s2)CC(C)S1. The molecule has 21 heavy (non-hydrogen) atoms. The molecule has 0 radical (unpaired) electrons. The van der Waals surface area contributed by atoms with E-state index < -0.39 is 0 Å². The standard InChI is InChI=1S/C16H18N2OS2/c1-11-8-18(9-12(2)20-11)16-17-15(14(10-19)21-16)13-6-4-3-5-7-13/h3-7,10-12H,8-9H2,1-2H3. The summed E-state index contributed by atoms with van der Waals surface area (Å²) in [7, 11) is 0. The zero-order chi connectivity index (χ0) is 14.8. The number of rotatable bonds is 3. The highest BCUT2D eigenvalue weighted by Gasteiger charge is 2.25. The molecule has 3 nitrogen and oxygen atoms in total. The minimum Gasteiger partial charge on any atom is -0.346 e. The Kier molecular flexibility index (Phi) is 4.31. The van der Waals surface area contributed by atoms with Crippen molar-refractivity contribution in [2.45, 2.75) is 24.3 Å². The monoisotopic (exact) mass is 318 g/mol. The number of benzene rings is 1. The Hall–Kier alpha value is -1.33. The molecule has 110 valence electrons. The van der Waals surface area contributed by atoms with Crippen molar-refractivity contribution in [3.63, 3.8) is 0 Å². The van der Waals surface area contributed by atoms with Gasteiger partial charge in [-0.2, -0.15) is 11.8 Å². The number of nitrogens with zero attached hydrogens (tertiary/aromatic N) is 2. The summed E-state index contributed by atoms with van der Waals surface area (Å²) in [6, 6.07) is 9.93. The van der Waals surface area contributed by atoms with E-state index in [1.807, 2.05) is 42.1 Å².